The van der Waals surface area contributed by atoms with Gasteiger partial charge in [0, 0.05) is 27.5 Å². The molecular weight excluding hydrogens is 440 g/mol. The topological polar surface area (TPSA) is 21.9 Å². The van der Waals surface area contributed by atoms with Gasteiger partial charge in [0.2, 0.25) is 0 Å². The van der Waals surface area contributed by atoms with Crippen LogP contribution < -0.4 is 4.57 Å². The summed E-state index contributed by atoms with van der Waals surface area (Å²) in [5, 5.41) is 4.78. The quantitative estimate of drug-likeness (QED) is 0.235. The van der Waals surface area contributed by atoms with E-state index in [1.54, 1.807) is 0 Å². The number of hydrogen-bond acceptors (Lipinski definition) is 1. The van der Waals surface area contributed by atoms with Crippen LogP contribution in [0.25, 0.3) is 49.8 Å². The van der Waals surface area contributed by atoms with Crippen molar-refractivity contribution in [2.24, 2.45) is 7.05 Å². The Balaban J connectivity index is 1.62. The van der Waals surface area contributed by atoms with Crippen LogP contribution in [0.4, 0.5) is 0 Å². The molecule has 0 saturated carbocycles. The molecule has 0 radical (unpaired) electrons. The smallest absolute Gasteiger partial charge is 0.294 e. The fourth-order valence-corrected chi connectivity index (χ4v) is 5.67. The van der Waals surface area contributed by atoms with Crippen molar-refractivity contribution < 1.29 is 8.98 Å². The number of para-hydroxylation sites is 1. The second-order valence-corrected chi connectivity index (χ2v) is 10.6. The van der Waals surface area contributed by atoms with Crippen molar-refractivity contribution in [1.29, 1.82) is 0 Å². The third-order valence-corrected chi connectivity index (χ3v) is 7.58. The molecule has 0 unspecified atom stereocenters. The van der Waals surface area contributed by atoms with E-state index in [0.29, 0.717) is 11.8 Å². The molecule has 0 aliphatic carbocycles. The molecule has 0 amide bonds. The van der Waals surface area contributed by atoms with Crippen molar-refractivity contribution in [1.82, 2.24) is 4.57 Å². The molecule has 6 aromatic rings. The zero-order valence-corrected chi connectivity index (χ0v) is 22.0. The van der Waals surface area contributed by atoms with Gasteiger partial charge in [-0.1, -0.05) is 70.2 Å². The number of hydrogen-bond donors (Lipinski definition) is 0. The minimum Gasteiger partial charge on any atom is -0.456 e. The zero-order valence-electron chi connectivity index (χ0n) is 22.0. The van der Waals surface area contributed by atoms with E-state index in [2.05, 4.69) is 130 Å². The molecule has 0 spiro atoms. The van der Waals surface area contributed by atoms with Crippen molar-refractivity contribution >= 4 is 32.7 Å². The summed E-state index contributed by atoms with van der Waals surface area (Å²) in [4.78, 5) is 0. The Labute approximate surface area is 212 Å². The molecule has 4 aromatic carbocycles. The first-order valence-electron chi connectivity index (χ1n) is 12.9. The average Bonchev–Trinajstić information content (AvgIpc) is 3.42. The van der Waals surface area contributed by atoms with Crippen LogP contribution in [0.2, 0.25) is 0 Å². The number of rotatable bonds is 4. The number of aryl methyl sites for hydroxylation is 2. The lowest BCUT2D eigenvalue weighted by Gasteiger charge is -2.18. The van der Waals surface area contributed by atoms with Gasteiger partial charge in [0.1, 0.15) is 29.2 Å². The SMILES string of the molecule is Cc1c(-c2n(-c3c(C(C)C)cccc3C(C)C)cc[n+]2C)ccc2c1oc1cc3ccccc3cc12. The summed E-state index contributed by atoms with van der Waals surface area (Å²) < 4.78 is 11.1. The van der Waals surface area contributed by atoms with Gasteiger partial charge in [0.05, 0.1) is 12.6 Å². The molecule has 0 aliphatic rings. The van der Waals surface area contributed by atoms with Crippen molar-refractivity contribution in [2.75, 3.05) is 0 Å². The predicted octanol–water partition coefficient (Wildman–Crippen LogP) is 8.58. The van der Waals surface area contributed by atoms with E-state index in [1.807, 2.05) is 0 Å². The maximum Gasteiger partial charge on any atom is 0.294 e. The molecule has 3 heteroatoms. The third kappa shape index (κ3) is 3.37. The van der Waals surface area contributed by atoms with Gasteiger partial charge in [-0.05, 0) is 53.8 Å². The highest BCUT2D eigenvalue weighted by Gasteiger charge is 2.28. The molecule has 0 fully saturated rings. The maximum absolute atomic E-state index is 6.52. The summed E-state index contributed by atoms with van der Waals surface area (Å²) in [5.41, 5.74) is 8.29. The molecule has 0 atom stereocenters. The first-order valence-corrected chi connectivity index (χ1v) is 12.9. The number of imidazole rings is 1. The van der Waals surface area contributed by atoms with Crippen LogP contribution in [0, 0.1) is 6.92 Å². The van der Waals surface area contributed by atoms with Crippen LogP contribution in [0.15, 0.2) is 83.5 Å². The Morgan fingerprint density at radius 1 is 0.778 bits per heavy atom. The second kappa shape index (κ2) is 8.37. The molecule has 0 saturated heterocycles. The summed E-state index contributed by atoms with van der Waals surface area (Å²) in [7, 11) is 2.13. The van der Waals surface area contributed by atoms with Crippen LogP contribution in [-0.4, -0.2) is 4.57 Å². The van der Waals surface area contributed by atoms with E-state index in [-0.39, 0.29) is 0 Å². The van der Waals surface area contributed by atoms with Crippen molar-refractivity contribution in [3.63, 3.8) is 0 Å². The van der Waals surface area contributed by atoms with Crippen LogP contribution >= 0.6 is 0 Å². The minimum absolute atomic E-state index is 0.423. The van der Waals surface area contributed by atoms with Gasteiger partial charge >= 0.3 is 0 Å². The summed E-state index contributed by atoms with van der Waals surface area (Å²) in [6, 6.07) is 24.1. The summed E-state index contributed by atoms with van der Waals surface area (Å²) in [5.74, 6) is 2.01. The molecule has 36 heavy (non-hydrogen) atoms. The first kappa shape index (κ1) is 22.6. The van der Waals surface area contributed by atoms with E-state index in [4.69, 9.17) is 4.42 Å². The van der Waals surface area contributed by atoms with Gasteiger partial charge in [0.15, 0.2) is 0 Å². The fraction of sp³-hybridized carbons (Fsp3) is 0.242. The van der Waals surface area contributed by atoms with Gasteiger partial charge in [-0.2, -0.15) is 4.57 Å². The Morgan fingerprint density at radius 2 is 1.44 bits per heavy atom. The van der Waals surface area contributed by atoms with Crippen LogP contribution in [-0.2, 0) is 7.05 Å². The fourth-order valence-electron chi connectivity index (χ4n) is 5.67. The van der Waals surface area contributed by atoms with Crippen LogP contribution in [0.1, 0.15) is 56.2 Å². The second-order valence-electron chi connectivity index (χ2n) is 10.6. The molecule has 0 N–H and O–H groups in total. The molecule has 2 aromatic heterocycles. The number of fused-ring (bicyclic) bond motifs is 4. The maximum atomic E-state index is 6.52. The highest BCUT2D eigenvalue weighted by Crippen LogP contribution is 2.39. The minimum atomic E-state index is 0.423. The van der Waals surface area contributed by atoms with Gasteiger partial charge in [-0.3, -0.25) is 0 Å². The standard InChI is InChI=1S/C33H33N2O/c1-20(2)25-12-9-13-26(21(3)4)31(25)35-17-16-34(6)33(35)27-14-15-28-29-18-23-10-7-8-11-24(23)19-30(29)36-32(28)22(27)5/h7-21H,1-6H3/q+1. The van der Waals surface area contributed by atoms with E-state index >= 15 is 0 Å². The molecule has 2 heterocycles. The molecule has 6 rings (SSSR count). The summed E-state index contributed by atoms with van der Waals surface area (Å²) in [6.07, 6.45) is 4.36. The molecule has 0 bridgehead atoms. The first-order chi connectivity index (χ1) is 17.3. The van der Waals surface area contributed by atoms with Gasteiger partial charge < -0.3 is 4.42 Å². The van der Waals surface area contributed by atoms with E-state index in [1.165, 1.54) is 43.9 Å². The van der Waals surface area contributed by atoms with Gasteiger partial charge in [-0.25, -0.2) is 4.57 Å². The van der Waals surface area contributed by atoms with Crippen molar-refractivity contribution in [3.05, 3.63) is 95.8 Å². The highest BCUT2D eigenvalue weighted by molar-refractivity contribution is 6.11. The monoisotopic (exact) mass is 473 g/mol. The summed E-state index contributed by atoms with van der Waals surface area (Å²) in [6.45, 7) is 11.3. The third-order valence-electron chi connectivity index (χ3n) is 7.58. The van der Waals surface area contributed by atoms with E-state index in [9.17, 15) is 0 Å². The average molecular weight is 474 g/mol. The number of benzene rings is 4. The lowest BCUT2D eigenvalue weighted by molar-refractivity contribution is -0.659. The number of furan rings is 1. The summed E-state index contributed by atoms with van der Waals surface area (Å²) >= 11 is 0. The Morgan fingerprint density at radius 3 is 2.11 bits per heavy atom. The van der Waals surface area contributed by atoms with Gasteiger partial charge in [0.25, 0.3) is 5.82 Å². The predicted molar refractivity (Wildman–Crippen MR) is 150 cm³/mol. The zero-order chi connectivity index (χ0) is 25.1. The molecular formula is C33H33N2O+. The Kier molecular flexibility index (Phi) is 5.26. The molecule has 180 valence electrons. The largest absolute Gasteiger partial charge is 0.456 e. The van der Waals surface area contributed by atoms with Crippen LogP contribution in [0.5, 0.6) is 0 Å². The lowest BCUT2D eigenvalue weighted by Crippen LogP contribution is -2.29. The van der Waals surface area contributed by atoms with Crippen molar-refractivity contribution in [2.45, 2.75) is 46.5 Å². The van der Waals surface area contributed by atoms with Crippen LogP contribution in [0.3, 0.4) is 0 Å². The Hall–Kier alpha value is -3.85. The lowest BCUT2D eigenvalue weighted by atomic mass is 9.92. The number of aromatic nitrogens is 2. The Bertz CT molecular complexity index is 1740. The van der Waals surface area contributed by atoms with E-state index in [0.717, 1.165) is 22.6 Å². The molecule has 0 aliphatic heterocycles. The van der Waals surface area contributed by atoms with E-state index < -0.39 is 0 Å². The normalized spacial score (nSPS) is 12.1. The van der Waals surface area contributed by atoms with Gasteiger partial charge in [-0.15, -0.1) is 0 Å². The number of nitrogens with zero attached hydrogens (tertiary/aromatic N) is 2. The molecule has 3 nitrogen and oxygen atoms in total. The van der Waals surface area contributed by atoms with Crippen molar-refractivity contribution in [3.8, 4) is 17.1 Å². The highest BCUT2D eigenvalue weighted by atomic mass is 16.3.